The zero-order valence-electron chi connectivity index (χ0n) is 12.4. The van der Waals surface area contributed by atoms with E-state index in [1.807, 2.05) is 0 Å². The molecule has 5 aliphatic rings. The minimum Gasteiger partial charge on any atom is -0.462 e. The smallest absolute Gasteiger partial charge is 0.310 e. The maximum absolute atomic E-state index is 12.4. The Kier molecular flexibility index (Phi) is 2.22. The summed E-state index contributed by atoms with van der Waals surface area (Å²) in [5, 5.41) is 21.4. The van der Waals surface area contributed by atoms with Crippen LogP contribution < -0.4 is 0 Å². The second-order valence-electron chi connectivity index (χ2n) is 7.93. The summed E-state index contributed by atoms with van der Waals surface area (Å²) in [5.41, 5.74) is -0.594. The molecule has 2 N–H and O–H groups in total. The Bertz CT molecular complexity index is 524. The fourth-order valence-electron chi connectivity index (χ4n) is 7.19. The topological polar surface area (TPSA) is 70.0 Å². The first-order chi connectivity index (χ1) is 10.0. The third-order valence-corrected chi connectivity index (χ3v) is 7.61. The molecule has 8 unspecified atom stereocenters. The zero-order valence-corrected chi connectivity index (χ0v) is 12.4. The summed E-state index contributed by atoms with van der Waals surface area (Å²) in [5.74, 6) is 0.246. The highest BCUT2D eigenvalue weighted by Gasteiger charge is 2.83. The second kappa shape index (κ2) is 3.63. The summed E-state index contributed by atoms with van der Waals surface area (Å²) in [6, 6.07) is 0. The number of nitrogens with zero attached hydrogens (tertiary/aromatic N) is 1. The van der Waals surface area contributed by atoms with Crippen LogP contribution in [0.1, 0.15) is 32.6 Å². The lowest BCUT2D eigenvalue weighted by Crippen LogP contribution is -2.87. The van der Waals surface area contributed by atoms with E-state index in [2.05, 4.69) is 11.8 Å². The predicted molar refractivity (Wildman–Crippen MR) is 73.2 cm³/mol. The Balaban J connectivity index is 1.75. The molecule has 5 nitrogen and oxygen atoms in total. The van der Waals surface area contributed by atoms with Crippen molar-refractivity contribution in [2.24, 2.45) is 23.2 Å². The molecule has 2 aliphatic carbocycles. The lowest BCUT2D eigenvalue weighted by molar-refractivity contribution is -0.332. The first kappa shape index (κ1) is 12.9. The molecule has 5 rings (SSSR count). The molecule has 3 heterocycles. The van der Waals surface area contributed by atoms with Crippen molar-refractivity contribution in [1.82, 2.24) is 4.90 Å². The summed E-state index contributed by atoms with van der Waals surface area (Å²) >= 11 is 0. The number of hydrogen-bond donors (Lipinski definition) is 2. The van der Waals surface area contributed by atoms with Gasteiger partial charge in [0.2, 0.25) is 0 Å². The van der Waals surface area contributed by atoms with Crippen LogP contribution in [-0.4, -0.2) is 58.0 Å². The molecule has 0 amide bonds. The fourth-order valence-corrected chi connectivity index (χ4v) is 7.19. The van der Waals surface area contributed by atoms with E-state index in [1.165, 1.54) is 0 Å². The van der Waals surface area contributed by atoms with Gasteiger partial charge < -0.3 is 14.9 Å². The van der Waals surface area contributed by atoms with E-state index in [9.17, 15) is 15.0 Å². The molecule has 0 radical (unpaired) electrons. The van der Waals surface area contributed by atoms with Crippen LogP contribution in [0.2, 0.25) is 0 Å². The van der Waals surface area contributed by atoms with Gasteiger partial charge in [0.15, 0.2) is 0 Å². The van der Waals surface area contributed by atoms with Crippen molar-refractivity contribution in [3.63, 3.8) is 0 Å². The molecular formula is C16H23NO4. The van der Waals surface area contributed by atoms with E-state index in [1.54, 1.807) is 0 Å². The van der Waals surface area contributed by atoms with Crippen LogP contribution in [0.4, 0.5) is 0 Å². The summed E-state index contributed by atoms with van der Waals surface area (Å²) in [7, 11) is 0. The zero-order chi connectivity index (χ0) is 14.6. The largest absolute Gasteiger partial charge is 0.462 e. The molecule has 21 heavy (non-hydrogen) atoms. The van der Waals surface area contributed by atoms with Crippen LogP contribution in [-0.2, 0) is 9.53 Å². The van der Waals surface area contributed by atoms with Gasteiger partial charge in [0.25, 0.3) is 0 Å². The highest BCUT2D eigenvalue weighted by molar-refractivity contribution is 5.78. The van der Waals surface area contributed by atoms with E-state index in [4.69, 9.17) is 4.74 Å². The van der Waals surface area contributed by atoms with Crippen molar-refractivity contribution in [3.8, 4) is 0 Å². The normalized spacial score (nSPS) is 61.6. The summed E-state index contributed by atoms with van der Waals surface area (Å²) in [6.45, 7) is 3.66. The third kappa shape index (κ3) is 1.08. The molecule has 1 spiro atoms. The van der Waals surface area contributed by atoms with Crippen molar-refractivity contribution < 1.29 is 19.7 Å². The highest BCUT2D eigenvalue weighted by atomic mass is 16.6. The van der Waals surface area contributed by atoms with E-state index in [0.717, 1.165) is 32.2 Å². The van der Waals surface area contributed by atoms with Crippen LogP contribution in [0.25, 0.3) is 0 Å². The van der Waals surface area contributed by atoms with Crippen molar-refractivity contribution in [2.45, 2.75) is 56.5 Å². The number of carbonyl (C=O) groups excluding carboxylic acids is 1. The van der Waals surface area contributed by atoms with Gasteiger partial charge in [-0.25, -0.2) is 0 Å². The molecule has 0 aromatic heterocycles. The fraction of sp³-hybridized carbons (Fsp3) is 0.938. The van der Waals surface area contributed by atoms with Crippen LogP contribution in [0.3, 0.4) is 0 Å². The van der Waals surface area contributed by atoms with Crippen molar-refractivity contribution >= 4 is 5.97 Å². The lowest BCUT2D eigenvalue weighted by Gasteiger charge is -2.78. The minimum atomic E-state index is -0.797. The van der Waals surface area contributed by atoms with Crippen molar-refractivity contribution in [1.29, 1.82) is 0 Å². The molecule has 0 aromatic carbocycles. The van der Waals surface area contributed by atoms with Gasteiger partial charge in [-0.15, -0.1) is 0 Å². The number of aliphatic hydroxyl groups excluding tert-OH is 2. The summed E-state index contributed by atoms with van der Waals surface area (Å²) < 4.78 is 5.71. The molecule has 116 valence electrons. The Morgan fingerprint density at radius 1 is 1.38 bits per heavy atom. The van der Waals surface area contributed by atoms with Crippen LogP contribution in [0.15, 0.2) is 0 Å². The van der Waals surface area contributed by atoms with E-state index >= 15 is 0 Å². The number of rotatable bonds is 0. The van der Waals surface area contributed by atoms with Gasteiger partial charge in [-0.3, -0.25) is 9.69 Å². The number of β-amino-alcohol motifs (C(OH)–C–C–N with tert-alkyl or cyclic N) is 1. The average Bonchev–Trinajstić information content (AvgIpc) is 2.78. The number of ether oxygens (including phenoxy) is 1. The number of carbonyl (C=O) groups is 1. The number of piperidine rings is 2. The summed E-state index contributed by atoms with van der Waals surface area (Å²) in [6.07, 6.45) is 2.45. The molecule has 0 aromatic rings. The number of fused-ring (bicyclic) bond motifs is 3. The number of esters is 1. The van der Waals surface area contributed by atoms with E-state index in [0.29, 0.717) is 12.5 Å². The molecule has 5 fully saturated rings. The van der Waals surface area contributed by atoms with Gasteiger partial charge in [0, 0.05) is 23.4 Å². The maximum Gasteiger partial charge on any atom is 0.310 e. The molecule has 3 saturated heterocycles. The first-order valence-electron chi connectivity index (χ1n) is 8.35. The Hall–Kier alpha value is -0.650. The van der Waals surface area contributed by atoms with Gasteiger partial charge in [-0.05, 0) is 38.1 Å². The maximum atomic E-state index is 12.4. The summed E-state index contributed by atoms with van der Waals surface area (Å²) in [4.78, 5) is 14.8. The number of hydrogen-bond acceptors (Lipinski definition) is 5. The van der Waals surface area contributed by atoms with Gasteiger partial charge in [-0.2, -0.15) is 0 Å². The van der Waals surface area contributed by atoms with Crippen molar-refractivity contribution in [2.75, 3.05) is 13.1 Å². The Labute approximate surface area is 124 Å². The van der Waals surface area contributed by atoms with Crippen LogP contribution in [0.5, 0.6) is 0 Å². The van der Waals surface area contributed by atoms with Gasteiger partial charge in [0.1, 0.15) is 6.10 Å². The lowest BCUT2D eigenvalue weighted by atomic mass is 9.33. The van der Waals surface area contributed by atoms with Gasteiger partial charge >= 0.3 is 5.97 Å². The second-order valence-corrected chi connectivity index (χ2v) is 7.93. The van der Waals surface area contributed by atoms with Crippen molar-refractivity contribution in [3.05, 3.63) is 0 Å². The monoisotopic (exact) mass is 293 g/mol. The predicted octanol–water partition coefficient (Wildman–Crippen LogP) is 0.144. The van der Waals surface area contributed by atoms with Gasteiger partial charge in [-0.1, -0.05) is 6.92 Å². The molecular weight excluding hydrogens is 270 g/mol. The Morgan fingerprint density at radius 3 is 2.95 bits per heavy atom. The molecule has 5 heteroatoms. The molecule has 8 atom stereocenters. The quantitative estimate of drug-likeness (QED) is 0.622. The Morgan fingerprint density at radius 2 is 2.19 bits per heavy atom. The van der Waals surface area contributed by atoms with E-state index < -0.39 is 17.6 Å². The van der Waals surface area contributed by atoms with Crippen LogP contribution in [0, 0.1) is 23.2 Å². The average molecular weight is 293 g/mol. The molecule has 2 saturated carbocycles. The third-order valence-electron chi connectivity index (χ3n) is 7.61. The van der Waals surface area contributed by atoms with E-state index in [-0.39, 0.29) is 29.4 Å². The first-order valence-corrected chi connectivity index (χ1v) is 8.35. The standard InChI is InChI=1S/C16H23NO4/c1-8-6-15-9-3-2-4-17(15)7-11(18)13(19)16(8,15)10-5-12(9)21-14(10)20/h8-13,18-19H,2-7H2,1H3. The van der Waals surface area contributed by atoms with Gasteiger partial charge in [0.05, 0.1) is 18.1 Å². The molecule has 2 bridgehead atoms. The van der Waals surface area contributed by atoms with Crippen LogP contribution >= 0.6 is 0 Å². The minimum absolute atomic E-state index is 0.0355. The number of aliphatic hydroxyl groups is 2. The SMILES string of the molecule is CC1CC23C4CCCN2CC(O)C(O)C13C1CC4OC1=O. The molecule has 3 aliphatic heterocycles. The highest BCUT2D eigenvalue weighted by Crippen LogP contribution is 2.75.